The average Bonchev–Trinajstić information content (AvgIpc) is 2.81. The van der Waals surface area contributed by atoms with E-state index in [0.717, 1.165) is 49.7 Å². The highest BCUT2D eigenvalue weighted by atomic mass is 127. The Labute approximate surface area is 213 Å². The Morgan fingerprint density at radius 2 is 2.00 bits per heavy atom. The number of benzene rings is 1. The van der Waals surface area contributed by atoms with Gasteiger partial charge in [0.2, 0.25) is 11.8 Å². The Bertz CT molecular complexity index is 864. The van der Waals surface area contributed by atoms with Crippen LogP contribution in [0.2, 0.25) is 0 Å². The van der Waals surface area contributed by atoms with Crippen molar-refractivity contribution in [2.24, 2.45) is 16.6 Å². The van der Waals surface area contributed by atoms with E-state index in [9.17, 15) is 4.79 Å². The Kier molecular flexibility index (Phi) is 11.8. The maximum atomic E-state index is 11.3. The number of nitrogens with two attached hydrogens (primary N) is 1. The molecule has 3 rings (SSSR count). The van der Waals surface area contributed by atoms with Crippen molar-refractivity contribution in [3.63, 3.8) is 0 Å². The molecule has 2 heterocycles. The van der Waals surface area contributed by atoms with Gasteiger partial charge >= 0.3 is 0 Å². The molecule has 2 aromatic rings. The normalized spacial score (nSPS) is 16.0. The van der Waals surface area contributed by atoms with Gasteiger partial charge in [0.1, 0.15) is 19.0 Å². The summed E-state index contributed by atoms with van der Waals surface area (Å²) in [6, 6.07) is 13.5. The van der Waals surface area contributed by atoms with Gasteiger partial charge in [-0.05, 0) is 43.4 Å². The lowest BCUT2D eigenvalue weighted by Crippen LogP contribution is -2.47. The van der Waals surface area contributed by atoms with Crippen LogP contribution >= 0.6 is 24.0 Å². The second-order valence-electron chi connectivity index (χ2n) is 7.81. The maximum Gasteiger partial charge on any atom is 0.217 e. The van der Waals surface area contributed by atoms with Gasteiger partial charge in [0.05, 0.1) is 6.54 Å². The molecule has 33 heavy (non-hydrogen) atoms. The summed E-state index contributed by atoms with van der Waals surface area (Å²) in [6.07, 6.45) is 4.27. The number of amides is 1. The van der Waals surface area contributed by atoms with Crippen molar-refractivity contribution < 1.29 is 14.3 Å². The summed E-state index contributed by atoms with van der Waals surface area (Å²) in [7, 11) is 0. The van der Waals surface area contributed by atoms with E-state index in [1.165, 1.54) is 0 Å². The SMILES string of the molecule is CCNC(=NCc1ccc(OCCOc2ccccc2)nc1)N1CCCC(CC(N)=O)C1.I. The summed E-state index contributed by atoms with van der Waals surface area (Å²) in [5, 5.41) is 3.36. The summed E-state index contributed by atoms with van der Waals surface area (Å²) in [6.45, 7) is 5.95. The first-order valence-corrected chi connectivity index (χ1v) is 11.2. The first kappa shape index (κ1) is 26.7. The number of carbonyl (C=O) groups excluding carboxylic acids is 1. The van der Waals surface area contributed by atoms with Crippen LogP contribution in [0.5, 0.6) is 11.6 Å². The van der Waals surface area contributed by atoms with E-state index in [1.807, 2.05) is 42.5 Å². The largest absolute Gasteiger partial charge is 0.490 e. The van der Waals surface area contributed by atoms with Gasteiger partial charge in [0, 0.05) is 38.3 Å². The molecule has 1 unspecified atom stereocenters. The minimum Gasteiger partial charge on any atom is -0.490 e. The van der Waals surface area contributed by atoms with Crippen molar-refractivity contribution in [2.45, 2.75) is 32.7 Å². The van der Waals surface area contributed by atoms with E-state index in [-0.39, 0.29) is 35.8 Å². The molecule has 180 valence electrons. The molecule has 1 aliphatic rings. The molecular weight excluding hydrogens is 533 g/mol. The van der Waals surface area contributed by atoms with Gasteiger partial charge in [-0.25, -0.2) is 9.98 Å². The fraction of sp³-hybridized carbons (Fsp3) is 0.458. The van der Waals surface area contributed by atoms with E-state index in [0.29, 0.717) is 32.1 Å². The quantitative estimate of drug-likeness (QED) is 0.198. The van der Waals surface area contributed by atoms with Gasteiger partial charge in [0.15, 0.2) is 5.96 Å². The maximum absolute atomic E-state index is 11.3. The number of nitrogens with zero attached hydrogens (tertiary/aromatic N) is 3. The first-order valence-electron chi connectivity index (χ1n) is 11.2. The fourth-order valence-corrected chi connectivity index (χ4v) is 3.71. The van der Waals surface area contributed by atoms with Crippen LogP contribution in [0.25, 0.3) is 0 Å². The predicted molar refractivity (Wildman–Crippen MR) is 140 cm³/mol. The number of aromatic nitrogens is 1. The zero-order chi connectivity index (χ0) is 22.6. The molecule has 1 aromatic carbocycles. The third kappa shape index (κ3) is 9.45. The van der Waals surface area contributed by atoms with Crippen LogP contribution in [0.3, 0.4) is 0 Å². The molecule has 1 fully saturated rings. The van der Waals surface area contributed by atoms with Crippen molar-refractivity contribution in [2.75, 3.05) is 32.8 Å². The van der Waals surface area contributed by atoms with Crippen LogP contribution in [0, 0.1) is 5.92 Å². The monoisotopic (exact) mass is 567 g/mol. The molecule has 0 radical (unpaired) electrons. The third-order valence-corrected chi connectivity index (χ3v) is 5.20. The molecule has 0 spiro atoms. The number of guanidine groups is 1. The van der Waals surface area contributed by atoms with Crippen LogP contribution in [0.15, 0.2) is 53.7 Å². The van der Waals surface area contributed by atoms with E-state index in [1.54, 1.807) is 6.20 Å². The molecule has 9 heteroatoms. The van der Waals surface area contributed by atoms with Gasteiger partial charge in [-0.3, -0.25) is 4.79 Å². The minimum atomic E-state index is -0.237. The van der Waals surface area contributed by atoms with Gasteiger partial charge < -0.3 is 25.4 Å². The molecule has 1 amide bonds. The first-order chi connectivity index (χ1) is 15.6. The van der Waals surface area contributed by atoms with Crippen molar-refractivity contribution in [1.82, 2.24) is 15.2 Å². The summed E-state index contributed by atoms with van der Waals surface area (Å²) in [4.78, 5) is 22.7. The lowest BCUT2D eigenvalue weighted by Gasteiger charge is -2.34. The van der Waals surface area contributed by atoms with Gasteiger partial charge in [-0.15, -0.1) is 24.0 Å². The number of rotatable bonds is 10. The molecule has 3 N–H and O–H groups in total. The number of ether oxygens (including phenoxy) is 2. The Morgan fingerprint density at radius 3 is 2.70 bits per heavy atom. The van der Waals surface area contributed by atoms with Gasteiger partial charge in [-0.2, -0.15) is 0 Å². The highest BCUT2D eigenvalue weighted by Gasteiger charge is 2.23. The molecule has 1 aromatic heterocycles. The Morgan fingerprint density at radius 1 is 1.21 bits per heavy atom. The van der Waals surface area contributed by atoms with Crippen LogP contribution in [-0.2, 0) is 11.3 Å². The van der Waals surface area contributed by atoms with Crippen molar-refractivity contribution in [3.05, 3.63) is 54.2 Å². The van der Waals surface area contributed by atoms with Crippen LogP contribution in [0.4, 0.5) is 0 Å². The second-order valence-corrected chi connectivity index (χ2v) is 7.81. The van der Waals surface area contributed by atoms with Crippen LogP contribution in [-0.4, -0.2) is 54.6 Å². The second kappa shape index (κ2) is 14.6. The highest BCUT2D eigenvalue weighted by Crippen LogP contribution is 2.19. The topological polar surface area (TPSA) is 102 Å². The number of hydrogen-bond acceptors (Lipinski definition) is 5. The van der Waals surface area contributed by atoms with E-state index >= 15 is 0 Å². The molecule has 0 saturated carbocycles. The summed E-state index contributed by atoms with van der Waals surface area (Å²) >= 11 is 0. The number of halogens is 1. The molecule has 8 nitrogen and oxygen atoms in total. The summed E-state index contributed by atoms with van der Waals surface area (Å²) in [5.74, 6) is 2.29. The number of nitrogens with one attached hydrogen (secondary N) is 1. The van der Waals surface area contributed by atoms with Crippen LogP contribution < -0.4 is 20.5 Å². The Balaban J connectivity index is 0.00000385. The van der Waals surface area contributed by atoms with Gasteiger partial charge in [0.25, 0.3) is 0 Å². The number of carbonyl (C=O) groups is 1. The summed E-state index contributed by atoms with van der Waals surface area (Å²) in [5.41, 5.74) is 6.39. The lowest BCUT2D eigenvalue weighted by molar-refractivity contribution is -0.119. The smallest absolute Gasteiger partial charge is 0.217 e. The fourth-order valence-electron chi connectivity index (χ4n) is 3.71. The standard InChI is InChI=1S/C24H33N5O3.HI/c1-2-26-24(29-12-6-7-19(18-29)15-22(25)30)28-17-20-10-11-23(27-16-20)32-14-13-31-21-8-4-3-5-9-21;/h3-5,8-11,16,19H,2,6-7,12-15,17-18H2,1H3,(H2,25,30)(H,26,28);1H. The number of primary amides is 1. The van der Waals surface area contributed by atoms with E-state index in [4.69, 9.17) is 20.2 Å². The Hall–Kier alpha value is -2.56. The van der Waals surface area contributed by atoms with Crippen molar-refractivity contribution in [1.29, 1.82) is 0 Å². The zero-order valence-corrected chi connectivity index (χ0v) is 21.4. The zero-order valence-electron chi connectivity index (χ0n) is 19.1. The summed E-state index contributed by atoms with van der Waals surface area (Å²) < 4.78 is 11.3. The number of pyridine rings is 1. The van der Waals surface area contributed by atoms with E-state index in [2.05, 4.69) is 22.1 Å². The number of piperidine rings is 1. The minimum absolute atomic E-state index is 0. The van der Waals surface area contributed by atoms with Crippen molar-refractivity contribution >= 4 is 35.8 Å². The molecule has 1 atom stereocenters. The van der Waals surface area contributed by atoms with Gasteiger partial charge in [-0.1, -0.05) is 24.3 Å². The van der Waals surface area contributed by atoms with Crippen LogP contribution in [0.1, 0.15) is 31.7 Å². The van der Waals surface area contributed by atoms with Crippen molar-refractivity contribution in [3.8, 4) is 11.6 Å². The highest BCUT2D eigenvalue weighted by molar-refractivity contribution is 14.0. The third-order valence-electron chi connectivity index (χ3n) is 5.20. The number of para-hydroxylation sites is 1. The number of aliphatic imine (C=N–C) groups is 1. The molecule has 0 aliphatic carbocycles. The average molecular weight is 567 g/mol. The molecule has 1 aliphatic heterocycles. The molecular formula is C24H34IN5O3. The molecule has 1 saturated heterocycles. The number of likely N-dealkylation sites (tertiary alicyclic amines) is 1. The lowest BCUT2D eigenvalue weighted by atomic mass is 9.95. The molecule has 0 bridgehead atoms. The number of hydrogen-bond donors (Lipinski definition) is 2. The van der Waals surface area contributed by atoms with E-state index < -0.39 is 0 Å². The predicted octanol–water partition coefficient (Wildman–Crippen LogP) is 3.21.